The number of halogens is 2. The van der Waals surface area contributed by atoms with E-state index in [1.54, 1.807) is 38.1 Å². The Morgan fingerprint density at radius 3 is 1.55 bits per heavy atom. The Labute approximate surface area is 193 Å². The average molecular weight is 495 g/mol. The van der Waals surface area contributed by atoms with Gasteiger partial charge in [0.1, 0.15) is 12.1 Å². The molecule has 0 aliphatic heterocycles. The number of aliphatic hydroxyl groups excluding tert-OH is 1. The largest absolute Gasteiger partial charge is 0.480 e. The van der Waals surface area contributed by atoms with Gasteiger partial charge in [-0.05, 0) is 25.0 Å². The van der Waals surface area contributed by atoms with Gasteiger partial charge in [0.2, 0.25) is 9.23 Å². The van der Waals surface area contributed by atoms with Crippen molar-refractivity contribution in [2.24, 2.45) is 11.5 Å². The van der Waals surface area contributed by atoms with Crippen LogP contribution in [0.2, 0.25) is 0 Å². The van der Waals surface area contributed by atoms with Crippen LogP contribution < -0.4 is 11.5 Å². The predicted molar refractivity (Wildman–Crippen MR) is 124 cm³/mol. The highest BCUT2D eigenvalue weighted by Crippen LogP contribution is 2.10. The molecule has 0 aromatic heterocycles. The van der Waals surface area contributed by atoms with Crippen molar-refractivity contribution in [3.63, 3.8) is 0 Å². The molecule has 2 atom stereocenters. The number of esters is 1. The highest BCUT2D eigenvalue weighted by atomic mass is 36.0. The van der Waals surface area contributed by atoms with E-state index in [1.807, 2.05) is 36.4 Å². The van der Waals surface area contributed by atoms with E-state index in [4.69, 9.17) is 30.6 Å². The molecule has 0 amide bonds. The summed E-state index contributed by atoms with van der Waals surface area (Å²) in [5.74, 6) is -1.38. The minimum atomic E-state index is -1.67. The molecule has 0 spiro atoms. The van der Waals surface area contributed by atoms with Crippen LogP contribution in [0.4, 0.5) is 0 Å². The quantitative estimate of drug-likeness (QED) is 0.365. The molecule has 0 saturated heterocycles. The van der Waals surface area contributed by atoms with Gasteiger partial charge < -0.3 is 26.4 Å². The number of carbonyl (C=O) groups is 2. The van der Waals surface area contributed by atoms with Gasteiger partial charge in [0, 0.05) is 28.0 Å². The third kappa shape index (κ3) is 17.4. The van der Waals surface area contributed by atoms with Crippen molar-refractivity contribution in [3.8, 4) is 0 Å². The standard InChI is InChI=1S/C10H13NO2.C8H9NO2.C2H6O.Cl2OS/c1-2-13-10(12)9(11)8-6-4-3-5-7-8;9-7(8(10)11)6-4-2-1-3-5-6;1-2-3;1-4(2)3/h3-7,9H,2,11H2,1H3;1-5,7H,9H2,(H,10,11);3H,2H2,1H3;. The summed E-state index contributed by atoms with van der Waals surface area (Å²) in [6, 6.07) is 16.3. The Morgan fingerprint density at radius 1 is 0.935 bits per heavy atom. The summed E-state index contributed by atoms with van der Waals surface area (Å²) in [7, 11) is 7.36. The van der Waals surface area contributed by atoms with Crippen LogP contribution in [-0.4, -0.2) is 39.6 Å². The lowest BCUT2D eigenvalue weighted by molar-refractivity contribution is -0.145. The van der Waals surface area contributed by atoms with Crippen LogP contribution >= 0.6 is 21.4 Å². The summed E-state index contributed by atoms with van der Waals surface area (Å²) in [4.78, 5) is 21.6. The van der Waals surface area contributed by atoms with Gasteiger partial charge >= 0.3 is 11.9 Å². The lowest BCUT2D eigenvalue weighted by Gasteiger charge is -2.09. The van der Waals surface area contributed by atoms with E-state index in [2.05, 4.69) is 21.4 Å². The van der Waals surface area contributed by atoms with E-state index in [-0.39, 0.29) is 12.6 Å². The molecule has 0 saturated carbocycles. The van der Waals surface area contributed by atoms with Crippen molar-refractivity contribution in [1.82, 2.24) is 0 Å². The maximum absolute atomic E-state index is 11.2. The number of benzene rings is 2. The number of nitrogens with two attached hydrogens (primary N) is 2. The molecule has 0 bridgehead atoms. The third-order valence-corrected chi connectivity index (χ3v) is 3.12. The number of aliphatic carboxylic acids is 1. The van der Waals surface area contributed by atoms with Crippen molar-refractivity contribution in [2.75, 3.05) is 13.2 Å². The first-order valence-corrected chi connectivity index (χ1v) is 11.8. The molecule has 0 fully saturated rings. The highest BCUT2D eigenvalue weighted by molar-refractivity contribution is 8.26. The number of carbonyl (C=O) groups excluding carboxylic acids is 1. The summed E-state index contributed by atoms with van der Waals surface area (Å²) in [5.41, 5.74) is 12.4. The Bertz CT molecular complexity index is 750. The van der Waals surface area contributed by atoms with Crippen molar-refractivity contribution in [1.29, 1.82) is 0 Å². The first-order valence-electron chi connectivity index (χ1n) is 8.97. The molecular weight excluding hydrogens is 467 g/mol. The number of carboxylic acid groups (broad SMARTS) is 1. The number of ether oxygens (including phenoxy) is 1. The fraction of sp³-hybridized carbons (Fsp3) is 0.300. The average Bonchev–Trinajstić information content (AvgIpc) is 2.74. The first kappa shape index (κ1) is 31.2. The molecule has 2 aromatic carbocycles. The van der Waals surface area contributed by atoms with Gasteiger partial charge in [-0.1, -0.05) is 60.7 Å². The van der Waals surface area contributed by atoms with E-state index in [0.29, 0.717) is 12.2 Å². The monoisotopic (exact) mass is 494 g/mol. The van der Waals surface area contributed by atoms with Crippen LogP contribution in [0.25, 0.3) is 0 Å². The molecule has 11 heteroatoms. The van der Waals surface area contributed by atoms with E-state index in [0.717, 1.165) is 5.56 Å². The van der Waals surface area contributed by atoms with Gasteiger partial charge in [-0.15, -0.1) is 0 Å². The maximum atomic E-state index is 11.2. The maximum Gasteiger partial charge on any atom is 0.327 e. The normalized spacial score (nSPS) is 11.2. The van der Waals surface area contributed by atoms with Crippen LogP contribution in [-0.2, 0) is 23.6 Å². The molecule has 2 aromatic rings. The van der Waals surface area contributed by atoms with E-state index in [1.165, 1.54) is 0 Å². The smallest absolute Gasteiger partial charge is 0.327 e. The molecule has 2 unspecified atom stereocenters. The minimum absolute atomic E-state index is 0.250. The molecule has 0 aliphatic carbocycles. The zero-order valence-electron chi connectivity index (χ0n) is 17.2. The molecule has 0 radical (unpaired) electrons. The summed E-state index contributed by atoms with van der Waals surface area (Å²) < 4.78 is 13.9. The van der Waals surface area contributed by atoms with Crippen molar-refractivity contribution >= 4 is 42.5 Å². The van der Waals surface area contributed by atoms with Crippen LogP contribution in [0.5, 0.6) is 0 Å². The Balaban J connectivity index is 0. The number of hydrogen-bond donors (Lipinski definition) is 4. The van der Waals surface area contributed by atoms with Gasteiger partial charge in [0.25, 0.3) is 0 Å². The van der Waals surface area contributed by atoms with Gasteiger partial charge in [-0.3, -0.25) is 4.79 Å². The summed E-state index contributed by atoms with van der Waals surface area (Å²) in [5, 5.41) is 16.1. The SMILES string of the molecule is CCO.CCOC(=O)C(N)c1ccccc1.NC(C(=O)O)c1ccccc1.O=S(Cl)Cl. The second-order valence-electron chi connectivity index (χ2n) is 5.37. The molecular formula is C20H28Cl2N2O6S. The summed E-state index contributed by atoms with van der Waals surface area (Å²) >= 11 is 0. The summed E-state index contributed by atoms with van der Waals surface area (Å²) in [6.07, 6.45) is 0. The van der Waals surface area contributed by atoms with Crippen LogP contribution in [0.15, 0.2) is 60.7 Å². The Morgan fingerprint density at radius 2 is 1.26 bits per heavy atom. The molecule has 174 valence electrons. The van der Waals surface area contributed by atoms with Crippen LogP contribution in [0.3, 0.4) is 0 Å². The molecule has 31 heavy (non-hydrogen) atoms. The minimum Gasteiger partial charge on any atom is -0.480 e. The molecule has 8 nitrogen and oxygen atoms in total. The second kappa shape index (κ2) is 19.9. The highest BCUT2D eigenvalue weighted by Gasteiger charge is 2.15. The van der Waals surface area contributed by atoms with E-state index in [9.17, 15) is 9.59 Å². The molecule has 0 aliphatic rings. The fourth-order valence-electron chi connectivity index (χ4n) is 1.83. The summed E-state index contributed by atoms with van der Waals surface area (Å²) in [6.45, 7) is 4.05. The second-order valence-corrected chi connectivity index (χ2v) is 7.89. The Kier molecular flexibility index (Phi) is 20.0. The molecule has 6 N–H and O–H groups in total. The van der Waals surface area contributed by atoms with Gasteiger partial charge in [0.05, 0.1) is 6.61 Å². The van der Waals surface area contributed by atoms with E-state index < -0.39 is 27.3 Å². The lowest BCUT2D eigenvalue weighted by atomic mass is 10.1. The molecule has 0 heterocycles. The number of aliphatic hydroxyl groups is 1. The fourth-order valence-corrected chi connectivity index (χ4v) is 1.83. The zero-order chi connectivity index (χ0) is 24.2. The third-order valence-electron chi connectivity index (χ3n) is 3.12. The number of carboxylic acids is 1. The molecule has 2 rings (SSSR count). The number of rotatable bonds is 5. The number of hydrogen-bond acceptors (Lipinski definition) is 7. The van der Waals surface area contributed by atoms with Gasteiger partial charge in [-0.2, -0.15) is 0 Å². The Hall–Kier alpha value is -2.01. The van der Waals surface area contributed by atoms with Crippen molar-refractivity contribution < 1.29 is 28.7 Å². The van der Waals surface area contributed by atoms with Crippen LogP contribution in [0, 0.1) is 0 Å². The first-order chi connectivity index (χ1) is 14.6. The topological polar surface area (TPSA) is 153 Å². The van der Waals surface area contributed by atoms with E-state index >= 15 is 0 Å². The van der Waals surface area contributed by atoms with Crippen molar-refractivity contribution in [2.45, 2.75) is 25.9 Å². The predicted octanol–water partition coefficient (Wildman–Crippen LogP) is 3.06. The van der Waals surface area contributed by atoms with Gasteiger partial charge in [-0.25, -0.2) is 9.00 Å². The van der Waals surface area contributed by atoms with Crippen LogP contribution in [0.1, 0.15) is 37.1 Å². The van der Waals surface area contributed by atoms with Gasteiger partial charge in [0.15, 0.2) is 0 Å². The zero-order valence-corrected chi connectivity index (χ0v) is 19.5. The van der Waals surface area contributed by atoms with Crippen molar-refractivity contribution in [3.05, 3.63) is 71.8 Å². The lowest BCUT2D eigenvalue weighted by Crippen LogP contribution is -2.23.